The van der Waals surface area contributed by atoms with Crippen molar-refractivity contribution >= 4 is 31.8 Å². The number of unbranched alkanes of at least 4 members (excludes halogenated alkanes) is 2. The van der Waals surface area contributed by atoms with E-state index in [1.54, 1.807) is 6.20 Å². The fourth-order valence-corrected chi connectivity index (χ4v) is 3.42. The Morgan fingerprint density at radius 2 is 1.86 bits per heavy atom. The van der Waals surface area contributed by atoms with Crippen LogP contribution in [0.5, 0.6) is 0 Å². The van der Waals surface area contributed by atoms with Crippen molar-refractivity contribution in [1.29, 1.82) is 0 Å². The molecule has 0 aliphatic heterocycles. The maximum absolute atomic E-state index is 11.1. The lowest BCUT2D eigenvalue weighted by Crippen LogP contribution is -2.03. The quantitative estimate of drug-likeness (QED) is 0.656. The number of imidazole rings is 1. The van der Waals surface area contributed by atoms with Crippen molar-refractivity contribution in [2.24, 2.45) is 0 Å². The van der Waals surface area contributed by atoms with Gasteiger partial charge in [0.25, 0.3) is 0 Å². The summed E-state index contributed by atoms with van der Waals surface area (Å²) in [5.41, 5.74) is 2.97. The van der Waals surface area contributed by atoms with Gasteiger partial charge in [-0.2, -0.15) is 0 Å². The van der Waals surface area contributed by atoms with Gasteiger partial charge >= 0.3 is 0 Å². The number of pyridine rings is 1. The molecule has 22 heavy (non-hydrogen) atoms. The lowest BCUT2D eigenvalue weighted by Gasteiger charge is -2.06. The minimum atomic E-state index is -2.85. The molecule has 0 fully saturated rings. The van der Waals surface area contributed by atoms with Crippen LogP contribution in [-0.4, -0.2) is 35.0 Å². The maximum atomic E-state index is 11.1. The summed E-state index contributed by atoms with van der Waals surface area (Å²) in [7, 11) is -2.85. The second kappa shape index (κ2) is 6.04. The fourth-order valence-electron chi connectivity index (χ4n) is 2.69. The summed E-state index contributed by atoms with van der Waals surface area (Å²) in [6.07, 6.45) is 7.49. The van der Waals surface area contributed by atoms with Crippen LogP contribution in [0.15, 0.2) is 36.8 Å². The molecule has 6 heteroatoms. The monoisotopic (exact) mass is 317 g/mol. The highest BCUT2D eigenvalue weighted by Gasteiger charge is 2.08. The number of aryl methyl sites for hydroxylation is 1. The van der Waals surface area contributed by atoms with E-state index in [1.165, 1.54) is 6.26 Å². The van der Waals surface area contributed by atoms with Gasteiger partial charge in [0.2, 0.25) is 0 Å². The Morgan fingerprint density at radius 3 is 2.68 bits per heavy atom. The summed E-state index contributed by atoms with van der Waals surface area (Å²) >= 11 is 0. The van der Waals surface area contributed by atoms with Gasteiger partial charge in [-0.25, -0.2) is 13.4 Å². The van der Waals surface area contributed by atoms with Gasteiger partial charge in [-0.15, -0.1) is 0 Å². The molecule has 116 valence electrons. The molecule has 3 rings (SSSR count). The van der Waals surface area contributed by atoms with E-state index in [1.807, 2.05) is 24.5 Å². The third-order valence-corrected chi connectivity index (χ3v) is 4.80. The Morgan fingerprint density at radius 1 is 1.05 bits per heavy atom. The Labute approximate surface area is 129 Å². The molecule has 0 radical (unpaired) electrons. The molecule has 0 N–H and O–H groups in total. The van der Waals surface area contributed by atoms with Crippen LogP contribution in [0.4, 0.5) is 0 Å². The lowest BCUT2D eigenvalue weighted by atomic mass is 10.2. The third-order valence-electron chi connectivity index (χ3n) is 3.77. The second-order valence-electron chi connectivity index (χ2n) is 5.64. The topological polar surface area (TPSA) is 64.8 Å². The zero-order chi connectivity index (χ0) is 15.6. The van der Waals surface area contributed by atoms with Gasteiger partial charge in [0.05, 0.1) is 23.6 Å². The van der Waals surface area contributed by atoms with E-state index in [2.05, 4.69) is 20.6 Å². The minimum absolute atomic E-state index is 0.268. The average molecular weight is 317 g/mol. The Balaban J connectivity index is 1.76. The van der Waals surface area contributed by atoms with Crippen LogP contribution in [0.3, 0.4) is 0 Å². The number of rotatable bonds is 6. The number of hydrogen-bond acceptors (Lipinski definition) is 4. The van der Waals surface area contributed by atoms with Crippen LogP contribution in [0, 0.1) is 0 Å². The standard InChI is InChI=1S/C16H19N3O2S/c1-22(20,21)10-6-2-5-9-19-12-18-15-11-17-14-8-4-3-7-13(14)16(15)19/h3-4,7-8,11-12H,2,5-6,9-10H2,1H3. The third kappa shape index (κ3) is 3.27. The van der Waals surface area contributed by atoms with E-state index in [9.17, 15) is 8.42 Å². The van der Waals surface area contributed by atoms with E-state index in [-0.39, 0.29) is 5.75 Å². The zero-order valence-electron chi connectivity index (χ0n) is 12.6. The molecule has 5 nitrogen and oxygen atoms in total. The highest BCUT2D eigenvalue weighted by molar-refractivity contribution is 7.90. The van der Waals surface area contributed by atoms with Gasteiger partial charge in [0.15, 0.2) is 0 Å². The molecule has 0 saturated carbocycles. The van der Waals surface area contributed by atoms with Gasteiger partial charge in [0.1, 0.15) is 15.4 Å². The number of aromatic nitrogens is 3. The number of benzene rings is 1. The molecule has 2 heterocycles. The van der Waals surface area contributed by atoms with Crippen LogP contribution in [0.1, 0.15) is 19.3 Å². The number of para-hydroxylation sites is 1. The average Bonchev–Trinajstić information content (AvgIpc) is 2.89. The Hall–Kier alpha value is -1.95. The predicted molar refractivity (Wildman–Crippen MR) is 88.6 cm³/mol. The molecule has 3 aromatic rings. The van der Waals surface area contributed by atoms with Crippen molar-refractivity contribution in [2.45, 2.75) is 25.8 Å². The van der Waals surface area contributed by atoms with E-state index in [4.69, 9.17) is 0 Å². The lowest BCUT2D eigenvalue weighted by molar-refractivity contribution is 0.585. The maximum Gasteiger partial charge on any atom is 0.147 e. The van der Waals surface area contributed by atoms with Gasteiger partial charge in [-0.1, -0.05) is 24.6 Å². The number of sulfone groups is 1. The summed E-state index contributed by atoms with van der Waals surface area (Å²) in [4.78, 5) is 8.83. The molecule has 0 aliphatic carbocycles. The molecular weight excluding hydrogens is 298 g/mol. The number of fused-ring (bicyclic) bond motifs is 3. The Bertz CT molecular complexity index is 900. The van der Waals surface area contributed by atoms with Crippen LogP contribution in [-0.2, 0) is 16.4 Å². The first-order valence-corrected chi connectivity index (χ1v) is 9.47. The van der Waals surface area contributed by atoms with E-state index in [0.717, 1.165) is 41.3 Å². The molecule has 1 aromatic carbocycles. The van der Waals surface area contributed by atoms with Crippen molar-refractivity contribution in [3.8, 4) is 0 Å². The predicted octanol–water partition coefficient (Wildman–Crippen LogP) is 2.80. The van der Waals surface area contributed by atoms with E-state index in [0.29, 0.717) is 6.42 Å². The SMILES string of the molecule is CS(=O)(=O)CCCCCn1cnc2cnc3ccccc3c21. The van der Waals surface area contributed by atoms with Crippen LogP contribution < -0.4 is 0 Å². The van der Waals surface area contributed by atoms with Crippen LogP contribution in [0.25, 0.3) is 21.9 Å². The van der Waals surface area contributed by atoms with Crippen LogP contribution >= 0.6 is 0 Å². The van der Waals surface area contributed by atoms with Gasteiger partial charge in [-0.3, -0.25) is 4.98 Å². The Kier molecular flexibility index (Phi) is 4.11. The molecule has 0 aliphatic rings. The highest BCUT2D eigenvalue weighted by Crippen LogP contribution is 2.23. The summed E-state index contributed by atoms with van der Waals surface area (Å²) in [5, 5.41) is 1.11. The largest absolute Gasteiger partial charge is 0.330 e. The summed E-state index contributed by atoms with van der Waals surface area (Å²) in [5.74, 6) is 0.268. The molecule has 0 bridgehead atoms. The van der Waals surface area contributed by atoms with Gasteiger partial charge in [0, 0.05) is 23.9 Å². The smallest absolute Gasteiger partial charge is 0.147 e. The first-order valence-electron chi connectivity index (χ1n) is 7.41. The van der Waals surface area contributed by atoms with Crippen molar-refractivity contribution in [3.63, 3.8) is 0 Å². The van der Waals surface area contributed by atoms with Crippen LogP contribution in [0.2, 0.25) is 0 Å². The van der Waals surface area contributed by atoms with Crippen molar-refractivity contribution in [3.05, 3.63) is 36.8 Å². The van der Waals surface area contributed by atoms with Crippen molar-refractivity contribution < 1.29 is 8.42 Å². The number of nitrogens with zero attached hydrogens (tertiary/aromatic N) is 3. The van der Waals surface area contributed by atoms with Gasteiger partial charge in [-0.05, 0) is 18.9 Å². The molecule has 0 spiro atoms. The molecule has 0 amide bonds. The molecular formula is C16H19N3O2S. The first-order chi connectivity index (χ1) is 10.5. The molecule has 0 atom stereocenters. The first kappa shape index (κ1) is 15.0. The normalized spacial score (nSPS) is 12.2. The summed E-state index contributed by atoms with van der Waals surface area (Å²) < 4.78 is 24.4. The molecule has 0 unspecified atom stereocenters. The minimum Gasteiger partial charge on any atom is -0.330 e. The van der Waals surface area contributed by atoms with Gasteiger partial charge < -0.3 is 4.57 Å². The fraction of sp³-hybridized carbons (Fsp3) is 0.375. The van der Waals surface area contributed by atoms with Crippen molar-refractivity contribution in [1.82, 2.24) is 14.5 Å². The molecule has 0 saturated heterocycles. The highest BCUT2D eigenvalue weighted by atomic mass is 32.2. The number of hydrogen-bond donors (Lipinski definition) is 0. The molecule has 2 aromatic heterocycles. The zero-order valence-corrected chi connectivity index (χ0v) is 13.4. The summed E-state index contributed by atoms with van der Waals surface area (Å²) in [6, 6.07) is 8.05. The van der Waals surface area contributed by atoms with Crippen molar-refractivity contribution in [2.75, 3.05) is 12.0 Å². The second-order valence-corrected chi connectivity index (χ2v) is 7.90. The van der Waals surface area contributed by atoms with E-state index >= 15 is 0 Å². The van der Waals surface area contributed by atoms with E-state index < -0.39 is 9.84 Å². The summed E-state index contributed by atoms with van der Waals surface area (Å²) in [6.45, 7) is 0.842.